The Kier molecular flexibility index (Phi) is 3.09. The molecule has 2 nitrogen and oxygen atoms in total. The van der Waals surface area contributed by atoms with Gasteiger partial charge >= 0.3 is 12.4 Å². The maximum atomic E-state index is 12.5. The quantitative estimate of drug-likeness (QED) is 0.453. The molecule has 0 atom stereocenters. The third-order valence-electron chi connectivity index (χ3n) is 1.94. The molecule has 0 saturated carbocycles. The Bertz CT molecular complexity index is 446. The van der Waals surface area contributed by atoms with E-state index in [1.165, 1.54) is 0 Å². The molecule has 0 spiro atoms. The van der Waals surface area contributed by atoms with Gasteiger partial charge in [-0.15, -0.1) is 0 Å². The Morgan fingerprint density at radius 1 is 1.00 bits per heavy atom. The zero-order chi connectivity index (χ0) is 13.4. The Balaban J connectivity index is 3.46. The second-order valence-electron chi connectivity index (χ2n) is 3.17. The summed E-state index contributed by atoms with van der Waals surface area (Å²) in [4.78, 5) is 0. The molecule has 0 aliphatic rings. The van der Waals surface area contributed by atoms with Crippen molar-refractivity contribution in [2.75, 3.05) is 0 Å². The van der Waals surface area contributed by atoms with Gasteiger partial charge in [0.1, 0.15) is 5.84 Å². The molecule has 17 heavy (non-hydrogen) atoms. The third-order valence-corrected chi connectivity index (χ3v) is 1.94. The Morgan fingerprint density at radius 3 is 1.88 bits per heavy atom. The predicted molar refractivity (Wildman–Crippen MR) is 47.5 cm³/mol. The van der Waals surface area contributed by atoms with Crippen molar-refractivity contribution in [3.8, 4) is 0 Å². The maximum absolute atomic E-state index is 12.5. The number of rotatable bonds is 1. The minimum absolute atomic E-state index is 0.0588. The smallest absolute Gasteiger partial charge is 0.384 e. The third kappa shape index (κ3) is 2.89. The van der Waals surface area contributed by atoms with Crippen molar-refractivity contribution >= 4 is 5.84 Å². The van der Waals surface area contributed by atoms with E-state index in [1.807, 2.05) is 0 Å². The van der Waals surface area contributed by atoms with Crippen molar-refractivity contribution in [3.05, 3.63) is 34.9 Å². The minimum atomic E-state index is -5.00. The molecular formula is C9H6F6N2. The molecule has 0 bridgehead atoms. The molecule has 8 heteroatoms. The topological polar surface area (TPSA) is 49.9 Å². The fourth-order valence-corrected chi connectivity index (χ4v) is 1.19. The lowest BCUT2D eigenvalue weighted by Crippen LogP contribution is -2.20. The van der Waals surface area contributed by atoms with Gasteiger partial charge in [0.15, 0.2) is 0 Å². The second kappa shape index (κ2) is 3.94. The highest BCUT2D eigenvalue weighted by atomic mass is 19.4. The minimum Gasteiger partial charge on any atom is -0.384 e. The lowest BCUT2D eigenvalue weighted by atomic mass is 10.0. The number of hydrogen-bond acceptors (Lipinski definition) is 1. The van der Waals surface area contributed by atoms with Gasteiger partial charge in [-0.2, -0.15) is 26.3 Å². The van der Waals surface area contributed by atoms with E-state index in [1.54, 1.807) is 0 Å². The highest BCUT2D eigenvalue weighted by molar-refractivity contribution is 5.96. The number of amidine groups is 1. The molecule has 3 N–H and O–H groups in total. The number of hydrogen-bond donors (Lipinski definition) is 2. The number of alkyl halides is 6. The summed E-state index contributed by atoms with van der Waals surface area (Å²) in [6, 6.07) is 0.927. The van der Waals surface area contributed by atoms with E-state index in [9.17, 15) is 26.3 Å². The normalized spacial score (nSPS) is 12.6. The van der Waals surface area contributed by atoms with Gasteiger partial charge in [-0.1, -0.05) is 6.07 Å². The van der Waals surface area contributed by atoms with Crippen molar-refractivity contribution in [1.82, 2.24) is 0 Å². The molecule has 1 aromatic carbocycles. The fourth-order valence-electron chi connectivity index (χ4n) is 1.19. The molecule has 0 fully saturated rings. The first-order valence-electron chi connectivity index (χ1n) is 4.16. The van der Waals surface area contributed by atoms with Crippen LogP contribution < -0.4 is 5.73 Å². The second-order valence-corrected chi connectivity index (χ2v) is 3.17. The first-order valence-corrected chi connectivity index (χ1v) is 4.16. The van der Waals surface area contributed by atoms with Gasteiger partial charge < -0.3 is 5.73 Å². The molecule has 1 aromatic rings. The lowest BCUT2D eigenvalue weighted by molar-refractivity contribution is -0.143. The molecule has 0 aliphatic heterocycles. The molecule has 0 amide bonds. The van der Waals surface area contributed by atoms with Crippen LogP contribution in [0.25, 0.3) is 0 Å². The van der Waals surface area contributed by atoms with Crippen LogP contribution in [0.3, 0.4) is 0 Å². The van der Waals surface area contributed by atoms with Gasteiger partial charge in [0.25, 0.3) is 0 Å². The van der Waals surface area contributed by atoms with E-state index in [0.29, 0.717) is 12.1 Å². The maximum Gasteiger partial charge on any atom is 0.417 e. The summed E-state index contributed by atoms with van der Waals surface area (Å²) < 4.78 is 74.1. The molecule has 94 valence electrons. The van der Waals surface area contributed by atoms with Crippen LogP contribution in [0.4, 0.5) is 26.3 Å². The average molecular weight is 256 g/mol. The summed E-state index contributed by atoms with van der Waals surface area (Å²) in [5, 5.41) is 6.88. The number of benzene rings is 1. The summed E-state index contributed by atoms with van der Waals surface area (Å²) in [6.07, 6.45) is -9.88. The van der Waals surface area contributed by atoms with Crippen LogP contribution in [-0.2, 0) is 12.4 Å². The Hall–Kier alpha value is -1.73. The van der Waals surface area contributed by atoms with Crippen LogP contribution in [0, 0.1) is 5.41 Å². The van der Waals surface area contributed by atoms with Gasteiger partial charge in [0.05, 0.1) is 11.1 Å². The molecule has 0 heterocycles. The molecule has 0 saturated heterocycles. The standard InChI is InChI=1S/C9H6F6N2/c10-8(11,12)4-1-2-5(7(16)17)6(3-4)9(13,14)15/h1-3H,(H3,16,17). The molecule has 0 radical (unpaired) electrons. The van der Waals surface area contributed by atoms with E-state index in [4.69, 9.17) is 11.1 Å². The fraction of sp³-hybridized carbons (Fsp3) is 0.222. The molecular weight excluding hydrogens is 250 g/mol. The van der Waals surface area contributed by atoms with Crippen LogP contribution in [0.5, 0.6) is 0 Å². The largest absolute Gasteiger partial charge is 0.417 e. The van der Waals surface area contributed by atoms with E-state index >= 15 is 0 Å². The summed E-state index contributed by atoms with van der Waals surface area (Å²) in [5.74, 6) is -0.939. The molecule has 0 aromatic heterocycles. The van der Waals surface area contributed by atoms with Crippen LogP contribution >= 0.6 is 0 Å². The van der Waals surface area contributed by atoms with E-state index in [2.05, 4.69) is 0 Å². The highest BCUT2D eigenvalue weighted by Gasteiger charge is 2.38. The van der Waals surface area contributed by atoms with Gasteiger partial charge in [0.2, 0.25) is 0 Å². The van der Waals surface area contributed by atoms with E-state index < -0.39 is 34.9 Å². The van der Waals surface area contributed by atoms with Crippen LogP contribution in [-0.4, -0.2) is 5.84 Å². The lowest BCUT2D eigenvalue weighted by Gasteiger charge is -2.14. The zero-order valence-corrected chi connectivity index (χ0v) is 8.08. The summed E-state index contributed by atoms with van der Waals surface area (Å²) in [5.41, 5.74) is 1.09. The Morgan fingerprint density at radius 2 is 1.53 bits per heavy atom. The summed E-state index contributed by atoms with van der Waals surface area (Å²) in [6.45, 7) is 0. The number of nitrogens with one attached hydrogen (secondary N) is 1. The molecule has 1 rings (SSSR count). The monoisotopic (exact) mass is 256 g/mol. The number of nitrogens with two attached hydrogens (primary N) is 1. The van der Waals surface area contributed by atoms with Gasteiger partial charge in [-0.3, -0.25) is 5.41 Å². The van der Waals surface area contributed by atoms with Crippen molar-refractivity contribution < 1.29 is 26.3 Å². The number of nitrogen functional groups attached to an aromatic ring is 1. The van der Waals surface area contributed by atoms with Crippen LogP contribution in [0.15, 0.2) is 18.2 Å². The van der Waals surface area contributed by atoms with Crippen molar-refractivity contribution in [2.45, 2.75) is 12.4 Å². The summed E-state index contributed by atoms with van der Waals surface area (Å²) in [7, 11) is 0. The SMILES string of the molecule is N=C(N)c1ccc(C(F)(F)F)cc1C(F)(F)F. The molecule has 0 aliphatic carbocycles. The van der Waals surface area contributed by atoms with E-state index in [0.717, 1.165) is 0 Å². The van der Waals surface area contributed by atoms with Gasteiger partial charge in [-0.05, 0) is 12.1 Å². The average Bonchev–Trinajstić information content (AvgIpc) is 2.14. The van der Waals surface area contributed by atoms with Gasteiger partial charge in [-0.25, -0.2) is 0 Å². The highest BCUT2D eigenvalue weighted by Crippen LogP contribution is 2.37. The van der Waals surface area contributed by atoms with Crippen molar-refractivity contribution in [2.24, 2.45) is 5.73 Å². The number of halogens is 6. The first-order chi connectivity index (χ1) is 7.53. The molecule has 0 unspecified atom stereocenters. The van der Waals surface area contributed by atoms with E-state index in [-0.39, 0.29) is 6.07 Å². The summed E-state index contributed by atoms with van der Waals surface area (Å²) >= 11 is 0. The predicted octanol–water partition coefficient (Wildman–Crippen LogP) is 3.01. The van der Waals surface area contributed by atoms with Gasteiger partial charge in [0, 0.05) is 5.56 Å². The zero-order valence-electron chi connectivity index (χ0n) is 8.08. The van der Waals surface area contributed by atoms with Crippen LogP contribution in [0.2, 0.25) is 0 Å². The van der Waals surface area contributed by atoms with Crippen molar-refractivity contribution in [3.63, 3.8) is 0 Å². The Labute approximate surface area is 91.5 Å². The first kappa shape index (κ1) is 13.3. The van der Waals surface area contributed by atoms with Crippen LogP contribution in [0.1, 0.15) is 16.7 Å². The van der Waals surface area contributed by atoms with Crippen molar-refractivity contribution in [1.29, 1.82) is 5.41 Å².